The molecule has 0 spiro atoms. The average Bonchev–Trinajstić information content (AvgIpc) is 3.04. The number of carbonyl (C=O) groups is 1. The molecule has 0 saturated carbocycles. The summed E-state index contributed by atoms with van der Waals surface area (Å²) in [5.74, 6) is -1.86. The van der Waals surface area contributed by atoms with Gasteiger partial charge in [0.2, 0.25) is 11.8 Å². The van der Waals surface area contributed by atoms with Crippen LogP contribution in [0.3, 0.4) is 0 Å². The van der Waals surface area contributed by atoms with E-state index < -0.39 is 17.7 Å². The number of nitrogens with zero attached hydrogens (tertiary/aromatic N) is 1. The molecule has 22 heavy (non-hydrogen) atoms. The average molecular weight is 301 g/mol. The van der Waals surface area contributed by atoms with Gasteiger partial charge in [0, 0.05) is 29.7 Å². The maximum atomic E-state index is 11.9. The zero-order chi connectivity index (χ0) is 15.7. The molecule has 2 heterocycles. The molecule has 7 nitrogen and oxygen atoms in total. The number of aromatic amines is 1. The van der Waals surface area contributed by atoms with Crippen molar-refractivity contribution in [3.63, 3.8) is 0 Å². The van der Waals surface area contributed by atoms with Crippen LogP contribution in [0.2, 0.25) is 0 Å². The molecule has 1 aromatic carbocycles. The Balaban J connectivity index is 1.65. The topological polar surface area (TPSA) is 111 Å². The number of carbonyl (C=O) groups excluding carboxylic acids is 1. The van der Waals surface area contributed by atoms with Gasteiger partial charge in [-0.3, -0.25) is 4.79 Å². The maximum Gasteiger partial charge on any atom is 0.257 e. The predicted molar refractivity (Wildman–Crippen MR) is 79.3 cm³/mol. The number of rotatable bonds is 4. The first-order valence-corrected chi connectivity index (χ1v) is 6.74. The lowest BCUT2D eigenvalue weighted by Gasteiger charge is -2.04. The monoisotopic (exact) mass is 301 g/mol. The lowest BCUT2D eigenvalue weighted by molar-refractivity contribution is 0.0942. The molecule has 3 rings (SSSR count). The molecule has 0 fully saturated rings. The maximum absolute atomic E-state index is 11.9. The number of hydrogen-bond acceptors (Lipinski definition) is 4. The van der Waals surface area contributed by atoms with Gasteiger partial charge in [-0.2, -0.15) is 0 Å². The van der Waals surface area contributed by atoms with E-state index in [1.54, 1.807) is 0 Å². The van der Waals surface area contributed by atoms with Gasteiger partial charge in [-0.05, 0) is 18.1 Å². The number of para-hydroxylation sites is 1. The molecule has 3 aromatic rings. The van der Waals surface area contributed by atoms with Crippen molar-refractivity contribution >= 4 is 16.8 Å². The quantitative estimate of drug-likeness (QED) is 0.471. The third-order valence-corrected chi connectivity index (χ3v) is 3.53. The molecule has 0 unspecified atom stereocenters. The van der Waals surface area contributed by atoms with E-state index in [0.717, 1.165) is 22.5 Å². The van der Waals surface area contributed by atoms with Crippen molar-refractivity contribution in [2.45, 2.75) is 6.42 Å². The van der Waals surface area contributed by atoms with Gasteiger partial charge in [0.15, 0.2) is 0 Å². The van der Waals surface area contributed by atoms with Crippen LogP contribution in [0.1, 0.15) is 15.9 Å². The lowest BCUT2D eigenvalue weighted by atomic mass is 10.1. The second-order valence-electron chi connectivity index (χ2n) is 4.92. The highest BCUT2D eigenvalue weighted by Gasteiger charge is 2.19. The van der Waals surface area contributed by atoms with Crippen LogP contribution in [-0.2, 0) is 6.42 Å². The van der Waals surface area contributed by atoms with Gasteiger partial charge in [0.1, 0.15) is 5.56 Å². The van der Waals surface area contributed by atoms with Crippen LogP contribution in [0.5, 0.6) is 11.8 Å². The molecular weight excluding hydrogens is 286 g/mol. The van der Waals surface area contributed by atoms with E-state index in [4.69, 9.17) is 0 Å². The number of amides is 1. The Bertz CT molecular complexity index is 835. The molecule has 0 aliphatic heterocycles. The largest absolute Gasteiger partial charge is 0.492 e. The number of nitrogens with one attached hydrogen (secondary N) is 2. The fraction of sp³-hybridized carbons (Fsp3) is 0.133. The molecule has 0 aliphatic rings. The highest BCUT2D eigenvalue weighted by molar-refractivity contribution is 5.97. The molecule has 0 saturated heterocycles. The number of hydrogen-bond donors (Lipinski definition) is 5. The fourth-order valence-corrected chi connectivity index (χ4v) is 2.39. The Morgan fingerprint density at radius 2 is 2.05 bits per heavy atom. The van der Waals surface area contributed by atoms with Crippen molar-refractivity contribution in [1.29, 1.82) is 0 Å². The SMILES string of the molecule is O=C(NCCc1c[nH]c2ccccc12)c1cc(O)n(O)c1O. The van der Waals surface area contributed by atoms with E-state index in [1.165, 1.54) is 0 Å². The summed E-state index contributed by atoms with van der Waals surface area (Å²) in [4.78, 5) is 15.1. The second kappa shape index (κ2) is 5.36. The first-order chi connectivity index (χ1) is 10.6. The van der Waals surface area contributed by atoms with E-state index in [-0.39, 0.29) is 10.3 Å². The summed E-state index contributed by atoms with van der Waals surface area (Å²) < 4.78 is 0.147. The van der Waals surface area contributed by atoms with Crippen molar-refractivity contribution in [1.82, 2.24) is 15.0 Å². The number of benzene rings is 1. The van der Waals surface area contributed by atoms with Crippen molar-refractivity contribution in [2.75, 3.05) is 6.54 Å². The van der Waals surface area contributed by atoms with Gasteiger partial charge in [0.05, 0.1) is 0 Å². The van der Waals surface area contributed by atoms with Crippen LogP contribution in [0.15, 0.2) is 36.5 Å². The van der Waals surface area contributed by atoms with Crippen molar-refractivity contribution in [3.05, 3.63) is 47.7 Å². The summed E-state index contributed by atoms with van der Waals surface area (Å²) in [5.41, 5.74) is 1.92. The summed E-state index contributed by atoms with van der Waals surface area (Å²) >= 11 is 0. The normalized spacial score (nSPS) is 10.9. The molecule has 1 amide bonds. The van der Waals surface area contributed by atoms with Crippen molar-refractivity contribution in [3.8, 4) is 11.8 Å². The van der Waals surface area contributed by atoms with Crippen molar-refractivity contribution < 1.29 is 20.2 Å². The standard InChI is InChI=1S/C15H15N3O4/c19-13-7-11(15(21)18(13)22)14(20)16-6-5-9-8-17-12-4-2-1-3-10(9)12/h1-4,7-8,17,19,21-22H,5-6H2,(H,16,20). The Labute approximate surface area is 125 Å². The smallest absolute Gasteiger partial charge is 0.257 e. The van der Waals surface area contributed by atoms with Gasteiger partial charge in [-0.25, -0.2) is 0 Å². The summed E-state index contributed by atoms with van der Waals surface area (Å²) in [7, 11) is 0. The second-order valence-corrected chi connectivity index (χ2v) is 4.92. The first kappa shape index (κ1) is 13.9. The summed E-state index contributed by atoms with van der Waals surface area (Å²) in [6.45, 7) is 0.359. The summed E-state index contributed by atoms with van der Waals surface area (Å²) in [5, 5.41) is 31.7. The number of fused-ring (bicyclic) bond motifs is 1. The molecule has 0 aliphatic carbocycles. The van der Waals surface area contributed by atoms with Crippen LogP contribution in [0, 0.1) is 0 Å². The van der Waals surface area contributed by atoms with Gasteiger partial charge in [-0.15, -0.1) is 4.73 Å². The van der Waals surface area contributed by atoms with E-state index in [2.05, 4.69) is 10.3 Å². The Kier molecular flexibility index (Phi) is 3.38. The van der Waals surface area contributed by atoms with Crippen LogP contribution >= 0.6 is 0 Å². The first-order valence-electron chi connectivity index (χ1n) is 6.74. The Morgan fingerprint density at radius 1 is 1.27 bits per heavy atom. The van der Waals surface area contributed by atoms with E-state index in [1.807, 2.05) is 30.5 Å². The third kappa shape index (κ3) is 2.32. The lowest BCUT2D eigenvalue weighted by Crippen LogP contribution is -2.25. The molecule has 7 heteroatoms. The summed E-state index contributed by atoms with van der Waals surface area (Å²) in [6, 6.07) is 8.86. The number of H-pyrrole nitrogens is 1. The predicted octanol–water partition coefficient (Wildman–Crippen LogP) is 1.59. The van der Waals surface area contributed by atoms with Crippen molar-refractivity contribution in [2.24, 2.45) is 0 Å². The number of aromatic hydroxyl groups is 2. The molecule has 0 bridgehead atoms. The van der Waals surface area contributed by atoms with E-state index >= 15 is 0 Å². The van der Waals surface area contributed by atoms with Crippen LogP contribution in [0.4, 0.5) is 0 Å². The van der Waals surface area contributed by atoms with Crippen LogP contribution < -0.4 is 5.32 Å². The highest BCUT2D eigenvalue weighted by Crippen LogP contribution is 2.25. The molecule has 0 atom stereocenters. The molecule has 114 valence electrons. The minimum Gasteiger partial charge on any atom is -0.492 e. The fourth-order valence-electron chi connectivity index (χ4n) is 2.39. The molecular formula is C15H15N3O4. The molecule has 2 aromatic heterocycles. The van der Waals surface area contributed by atoms with E-state index in [9.17, 15) is 20.2 Å². The number of aromatic nitrogens is 2. The third-order valence-electron chi connectivity index (χ3n) is 3.53. The Hall–Kier alpha value is -3.09. The zero-order valence-corrected chi connectivity index (χ0v) is 11.6. The van der Waals surface area contributed by atoms with Gasteiger partial charge < -0.3 is 25.7 Å². The van der Waals surface area contributed by atoms with Gasteiger partial charge in [-0.1, -0.05) is 18.2 Å². The molecule has 0 radical (unpaired) electrons. The zero-order valence-electron chi connectivity index (χ0n) is 11.6. The van der Waals surface area contributed by atoms with E-state index in [0.29, 0.717) is 13.0 Å². The highest BCUT2D eigenvalue weighted by atomic mass is 16.5. The minimum absolute atomic E-state index is 0.147. The van der Waals surface area contributed by atoms with Crippen LogP contribution in [-0.4, -0.2) is 37.6 Å². The van der Waals surface area contributed by atoms with Gasteiger partial charge in [0.25, 0.3) is 5.91 Å². The van der Waals surface area contributed by atoms with Crippen LogP contribution in [0.25, 0.3) is 10.9 Å². The summed E-state index contributed by atoms with van der Waals surface area (Å²) in [6.07, 6.45) is 2.51. The van der Waals surface area contributed by atoms with Gasteiger partial charge >= 0.3 is 0 Å². The minimum atomic E-state index is -0.693. The molecule has 5 N–H and O–H groups in total. The Morgan fingerprint density at radius 3 is 2.77 bits per heavy atom.